The summed E-state index contributed by atoms with van der Waals surface area (Å²) in [6.45, 7) is 4.08. The summed E-state index contributed by atoms with van der Waals surface area (Å²) >= 11 is 5.85. The lowest BCUT2D eigenvalue weighted by atomic mass is 9.85. The Labute approximate surface area is 141 Å². The molecule has 23 heavy (non-hydrogen) atoms. The third kappa shape index (κ3) is 2.82. The number of pyridine rings is 1. The highest BCUT2D eigenvalue weighted by molar-refractivity contribution is 6.30. The Morgan fingerprint density at radius 1 is 1.30 bits per heavy atom. The average molecular weight is 330 g/mol. The monoisotopic (exact) mass is 329 g/mol. The minimum absolute atomic E-state index is 0.0304. The van der Waals surface area contributed by atoms with Crippen LogP contribution in [-0.4, -0.2) is 29.8 Å². The maximum absolute atomic E-state index is 6.09. The van der Waals surface area contributed by atoms with Crippen LogP contribution in [0, 0.1) is 5.92 Å². The molecule has 2 bridgehead atoms. The highest BCUT2D eigenvalue weighted by atomic mass is 35.5. The number of hydrogen-bond donors (Lipinski definition) is 2. The molecule has 0 saturated carbocycles. The Bertz CT molecular complexity index is 678. The summed E-state index contributed by atoms with van der Waals surface area (Å²) in [5.41, 5.74) is 2.29. The van der Waals surface area contributed by atoms with E-state index < -0.39 is 0 Å². The van der Waals surface area contributed by atoms with Crippen molar-refractivity contribution < 1.29 is 4.74 Å². The third-order valence-corrected chi connectivity index (χ3v) is 5.33. The molecule has 4 nitrogen and oxygen atoms in total. The van der Waals surface area contributed by atoms with E-state index >= 15 is 0 Å². The first-order chi connectivity index (χ1) is 11.1. The molecule has 1 aromatic carbocycles. The topological polar surface area (TPSA) is 46.2 Å². The molecule has 0 aliphatic carbocycles. The number of hydrogen-bond acceptors (Lipinski definition) is 4. The van der Waals surface area contributed by atoms with Gasteiger partial charge >= 0.3 is 0 Å². The van der Waals surface area contributed by atoms with Crippen molar-refractivity contribution in [2.24, 2.45) is 5.92 Å². The first kappa shape index (κ1) is 14.9. The summed E-state index contributed by atoms with van der Waals surface area (Å²) in [6, 6.07) is 12.7. The standard InChI is InChI=1S/C18H20ClN3O/c1-12-16-10-23-18(12,11-21-16)8-13-2-5-15(6-3-13)22-17-7-4-14(19)9-20-17/h2-7,9,12,16,21H,8,10-11H2,1H3,(H,20,22). The smallest absolute Gasteiger partial charge is 0.130 e. The van der Waals surface area contributed by atoms with Crippen molar-refractivity contribution in [2.45, 2.75) is 25.0 Å². The number of nitrogens with zero attached hydrogens (tertiary/aromatic N) is 1. The number of ether oxygens (including phenoxy) is 1. The molecule has 5 heteroatoms. The van der Waals surface area contributed by atoms with Crippen molar-refractivity contribution >= 4 is 23.1 Å². The normalized spacial score (nSPS) is 29.0. The lowest BCUT2D eigenvalue weighted by Crippen LogP contribution is -2.41. The predicted octanol–water partition coefficient (Wildman–Crippen LogP) is 3.40. The van der Waals surface area contributed by atoms with Crippen LogP contribution in [0.3, 0.4) is 0 Å². The highest BCUT2D eigenvalue weighted by Crippen LogP contribution is 2.39. The molecule has 4 rings (SSSR count). The number of fused-ring (bicyclic) bond motifs is 2. The Morgan fingerprint density at radius 3 is 2.70 bits per heavy atom. The number of nitrogens with one attached hydrogen (secondary N) is 2. The zero-order valence-electron chi connectivity index (χ0n) is 13.1. The molecule has 2 aliphatic rings. The summed E-state index contributed by atoms with van der Waals surface area (Å²) in [5.74, 6) is 1.36. The minimum Gasteiger partial charge on any atom is -0.371 e. The molecule has 3 unspecified atom stereocenters. The highest BCUT2D eigenvalue weighted by Gasteiger charge is 2.52. The molecule has 2 fully saturated rings. The van der Waals surface area contributed by atoms with Crippen LogP contribution in [0.1, 0.15) is 12.5 Å². The van der Waals surface area contributed by atoms with E-state index in [9.17, 15) is 0 Å². The van der Waals surface area contributed by atoms with Gasteiger partial charge in [0.15, 0.2) is 0 Å². The van der Waals surface area contributed by atoms with Gasteiger partial charge in [0.1, 0.15) is 5.82 Å². The van der Waals surface area contributed by atoms with Crippen LogP contribution in [0.5, 0.6) is 0 Å². The van der Waals surface area contributed by atoms with E-state index in [2.05, 4.69) is 46.8 Å². The Morgan fingerprint density at radius 2 is 2.13 bits per heavy atom. The van der Waals surface area contributed by atoms with Crippen molar-refractivity contribution in [1.29, 1.82) is 0 Å². The van der Waals surface area contributed by atoms with Crippen LogP contribution in [0.25, 0.3) is 0 Å². The average Bonchev–Trinajstić information content (AvgIpc) is 3.03. The van der Waals surface area contributed by atoms with Crippen LogP contribution in [0.2, 0.25) is 5.02 Å². The SMILES string of the molecule is CC1C2COC1(Cc1ccc(Nc3ccc(Cl)cn3)cc1)CN2. The number of rotatable bonds is 4. The molecule has 0 radical (unpaired) electrons. The lowest BCUT2D eigenvalue weighted by Gasteiger charge is -2.29. The van der Waals surface area contributed by atoms with E-state index in [1.54, 1.807) is 6.20 Å². The van der Waals surface area contributed by atoms with Gasteiger partial charge in [-0.1, -0.05) is 30.7 Å². The number of halogens is 1. The first-order valence-corrected chi connectivity index (χ1v) is 8.37. The second-order valence-electron chi connectivity index (χ2n) is 6.51. The number of aromatic nitrogens is 1. The van der Waals surface area contributed by atoms with Crippen LogP contribution in [0.15, 0.2) is 42.6 Å². The molecular weight excluding hydrogens is 310 g/mol. The zero-order valence-corrected chi connectivity index (χ0v) is 13.8. The molecule has 1 aromatic heterocycles. The van der Waals surface area contributed by atoms with Gasteiger partial charge in [-0.3, -0.25) is 0 Å². The number of anilines is 2. The van der Waals surface area contributed by atoms with E-state index in [0.717, 1.165) is 31.1 Å². The van der Waals surface area contributed by atoms with Gasteiger partial charge in [0, 0.05) is 36.8 Å². The predicted molar refractivity (Wildman–Crippen MR) is 92.3 cm³/mol. The van der Waals surface area contributed by atoms with Gasteiger partial charge in [0.25, 0.3) is 0 Å². The Balaban J connectivity index is 1.45. The molecule has 2 aliphatic heterocycles. The van der Waals surface area contributed by atoms with Gasteiger partial charge in [-0.2, -0.15) is 0 Å². The molecule has 120 valence electrons. The van der Waals surface area contributed by atoms with Crippen molar-refractivity contribution in [2.75, 3.05) is 18.5 Å². The molecule has 2 saturated heterocycles. The fourth-order valence-corrected chi connectivity index (χ4v) is 3.69. The summed E-state index contributed by atoms with van der Waals surface area (Å²) < 4.78 is 6.09. The summed E-state index contributed by atoms with van der Waals surface area (Å²) in [6.07, 6.45) is 2.59. The fraction of sp³-hybridized carbons (Fsp3) is 0.389. The van der Waals surface area contributed by atoms with Gasteiger partial charge in [-0.05, 0) is 29.8 Å². The second-order valence-corrected chi connectivity index (χ2v) is 6.95. The van der Waals surface area contributed by atoms with E-state index in [4.69, 9.17) is 16.3 Å². The minimum atomic E-state index is -0.0304. The third-order valence-electron chi connectivity index (χ3n) is 5.10. The second kappa shape index (κ2) is 5.78. The number of benzene rings is 1. The van der Waals surface area contributed by atoms with Crippen molar-refractivity contribution in [3.63, 3.8) is 0 Å². The summed E-state index contributed by atoms with van der Waals surface area (Å²) in [5, 5.41) is 7.48. The lowest BCUT2D eigenvalue weighted by molar-refractivity contribution is -0.0189. The maximum Gasteiger partial charge on any atom is 0.130 e. The van der Waals surface area contributed by atoms with Crippen LogP contribution >= 0.6 is 11.6 Å². The van der Waals surface area contributed by atoms with Gasteiger partial charge < -0.3 is 15.4 Å². The maximum atomic E-state index is 6.09. The molecule has 3 heterocycles. The van der Waals surface area contributed by atoms with Gasteiger partial charge in [-0.25, -0.2) is 4.98 Å². The van der Waals surface area contributed by atoms with Gasteiger partial charge in [-0.15, -0.1) is 0 Å². The van der Waals surface area contributed by atoms with Gasteiger partial charge in [0.05, 0.1) is 17.2 Å². The first-order valence-electron chi connectivity index (χ1n) is 7.99. The summed E-state index contributed by atoms with van der Waals surface area (Å²) in [4.78, 5) is 4.25. The van der Waals surface area contributed by atoms with Crippen LogP contribution in [0.4, 0.5) is 11.5 Å². The Kier molecular flexibility index (Phi) is 3.76. The Hall–Kier alpha value is -1.62. The summed E-state index contributed by atoms with van der Waals surface area (Å²) in [7, 11) is 0. The van der Waals surface area contributed by atoms with E-state index in [1.807, 2.05) is 12.1 Å². The quantitative estimate of drug-likeness (QED) is 0.902. The molecule has 2 aromatic rings. The van der Waals surface area contributed by atoms with E-state index in [1.165, 1.54) is 5.56 Å². The van der Waals surface area contributed by atoms with Gasteiger partial charge in [0.2, 0.25) is 0 Å². The number of morpholine rings is 1. The molecule has 2 N–H and O–H groups in total. The largest absolute Gasteiger partial charge is 0.371 e. The van der Waals surface area contributed by atoms with Crippen LogP contribution < -0.4 is 10.6 Å². The fourth-order valence-electron chi connectivity index (χ4n) is 3.57. The zero-order chi connectivity index (χ0) is 15.9. The van der Waals surface area contributed by atoms with E-state index in [-0.39, 0.29) is 5.60 Å². The molecule has 3 atom stereocenters. The molecule has 0 spiro atoms. The van der Waals surface area contributed by atoms with Crippen molar-refractivity contribution in [3.05, 3.63) is 53.2 Å². The van der Waals surface area contributed by atoms with E-state index in [0.29, 0.717) is 17.0 Å². The molecule has 0 amide bonds. The van der Waals surface area contributed by atoms with Crippen molar-refractivity contribution in [1.82, 2.24) is 10.3 Å². The van der Waals surface area contributed by atoms with Crippen LogP contribution in [-0.2, 0) is 11.2 Å². The molecular formula is C18H20ClN3O. The van der Waals surface area contributed by atoms with Crippen molar-refractivity contribution in [3.8, 4) is 0 Å².